The number of hydrogen-bond acceptors (Lipinski definition) is 4. The summed E-state index contributed by atoms with van der Waals surface area (Å²) in [5, 5.41) is 0. The molecule has 2 aromatic rings. The van der Waals surface area contributed by atoms with Crippen molar-refractivity contribution in [3.05, 3.63) is 18.2 Å². The molecule has 0 bridgehead atoms. The molecule has 90 valence electrons. The number of nitrogen functional groups attached to an aromatic ring is 1. The lowest BCUT2D eigenvalue weighted by atomic mass is 10.3. The molecule has 4 heteroatoms. The Morgan fingerprint density at radius 1 is 1.53 bits per heavy atom. The van der Waals surface area contributed by atoms with Crippen molar-refractivity contribution in [1.29, 1.82) is 0 Å². The van der Waals surface area contributed by atoms with E-state index in [-0.39, 0.29) is 0 Å². The molecule has 1 saturated carbocycles. The largest absolute Gasteiger partial charge is 0.423 e. The zero-order chi connectivity index (χ0) is 12.0. The molecular formula is C13H17N3O. The lowest BCUT2D eigenvalue weighted by molar-refractivity contribution is 0.570. The third-order valence-electron chi connectivity index (χ3n) is 3.51. The predicted octanol–water partition coefficient (Wildman–Crippen LogP) is 2.50. The maximum Gasteiger partial charge on any atom is 0.298 e. The molecule has 2 N–H and O–H groups in total. The van der Waals surface area contributed by atoms with Crippen LogP contribution in [0.25, 0.3) is 11.1 Å². The van der Waals surface area contributed by atoms with Crippen molar-refractivity contribution < 1.29 is 4.42 Å². The molecule has 0 amide bonds. The molecule has 1 aliphatic carbocycles. The van der Waals surface area contributed by atoms with Crippen LogP contribution in [0.15, 0.2) is 22.6 Å². The average molecular weight is 231 g/mol. The molecule has 17 heavy (non-hydrogen) atoms. The Morgan fingerprint density at radius 2 is 2.29 bits per heavy atom. The maximum absolute atomic E-state index is 5.72. The molecule has 2 atom stereocenters. The highest BCUT2D eigenvalue weighted by atomic mass is 16.4. The molecule has 1 aromatic heterocycles. The summed E-state index contributed by atoms with van der Waals surface area (Å²) in [6.07, 6.45) is 1.32. The molecule has 0 saturated heterocycles. The molecule has 1 aliphatic rings. The van der Waals surface area contributed by atoms with Crippen molar-refractivity contribution in [3.63, 3.8) is 0 Å². The molecular weight excluding hydrogens is 214 g/mol. The Morgan fingerprint density at radius 3 is 3.00 bits per heavy atom. The number of nitrogens with two attached hydrogens (primary N) is 1. The Balaban J connectivity index is 1.84. The smallest absolute Gasteiger partial charge is 0.298 e. The van der Waals surface area contributed by atoms with Crippen LogP contribution in [-0.4, -0.2) is 18.6 Å². The lowest BCUT2D eigenvalue weighted by Gasteiger charge is -2.13. The van der Waals surface area contributed by atoms with Gasteiger partial charge in [-0.15, -0.1) is 0 Å². The Hall–Kier alpha value is -1.71. The zero-order valence-electron chi connectivity index (χ0n) is 10.2. The van der Waals surface area contributed by atoms with Gasteiger partial charge in [0.2, 0.25) is 0 Å². The van der Waals surface area contributed by atoms with Crippen molar-refractivity contribution in [2.45, 2.75) is 13.3 Å². The van der Waals surface area contributed by atoms with Crippen LogP contribution >= 0.6 is 0 Å². The minimum absolute atomic E-state index is 0.685. The highest BCUT2D eigenvalue weighted by molar-refractivity contribution is 5.78. The van der Waals surface area contributed by atoms with Gasteiger partial charge in [-0.25, -0.2) is 0 Å². The molecule has 1 fully saturated rings. The minimum atomic E-state index is 0.685. The molecule has 4 nitrogen and oxygen atoms in total. The van der Waals surface area contributed by atoms with Gasteiger partial charge in [0, 0.05) is 19.3 Å². The van der Waals surface area contributed by atoms with E-state index in [9.17, 15) is 0 Å². The van der Waals surface area contributed by atoms with E-state index >= 15 is 0 Å². The van der Waals surface area contributed by atoms with Gasteiger partial charge in [-0.3, -0.25) is 0 Å². The van der Waals surface area contributed by atoms with E-state index < -0.39 is 0 Å². The lowest BCUT2D eigenvalue weighted by Crippen LogP contribution is -2.20. The van der Waals surface area contributed by atoms with Gasteiger partial charge < -0.3 is 15.1 Å². The molecule has 2 unspecified atom stereocenters. The molecule has 0 radical (unpaired) electrons. The van der Waals surface area contributed by atoms with E-state index in [1.54, 1.807) is 0 Å². The van der Waals surface area contributed by atoms with Crippen molar-refractivity contribution in [1.82, 2.24) is 4.98 Å². The zero-order valence-corrected chi connectivity index (χ0v) is 10.2. The summed E-state index contributed by atoms with van der Waals surface area (Å²) in [7, 11) is 2.03. The predicted molar refractivity (Wildman–Crippen MR) is 69.0 cm³/mol. The summed E-state index contributed by atoms with van der Waals surface area (Å²) >= 11 is 0. The second-order valence-corrected chi connectivity index (χ2v) is 5.08. The van der Waals surface area contributed by atoms with Crippen LogP contribution in [0, 0.1) is 11.8 Å². The fourth-order valence-electron chi connectivity index (χ4n) is 2.18. The van der Waals surface area contributed by atoms with Gasteiger partial charge in [-0.05, 0) is 36.5 Å². The van der Waals surface area contributed by atoms with E-state index in [1.807, 2.05) is 25.2 Å². The van der Waals surface area contributed by atoms with Crippen LogP contribution < -0.4 is 10.6 Å². The van der Waals surface area contributed by atoms with Crippen molar-refractivity contribution in [2.75, 3.05) is 24.2 Å². The Labute approximate surface area is 100 Å². The number of oxazole rings is 1. The average Bonchev–Trinajstić information content (AvgIpc) is 2.81. The first-order valence-corrected chi connectivity index (χ1v) is 6.00. The number of rotatable bonds is 3. The highest BCUT2D eigenvalue weighted by Gasteiger charge is 2.34. The second kappa shape index (κ2) is 3.65. The first kappa shape index (κ1) is 10.4. The molecule has 1 heterocycles. The number of fused-ring (bicyclic) bond motifs is 1. The summed E-state index contributed by atoms with van der Waals surface area (Å²) in [4.78, 5) is 6.55. The summed E-state index contributed by atoms with van der Waals surface area (Å²) in [6, 6.07) is 6.23. The minimum Gasteiger partial charge on any atom is -0.423 e. The quantitative estimate of drug-likeness (QED) is 0.825. The van der Waals surface area contributed by atoms with Crippen LogP contribution in [0.2, 0.25) is 0 Å². The summed E-state index contributed by atoms with van der Waals surface area (Å²) in [5.41, 5.74) is 8.07. The van der Waals surface area contributed by atoms with E-state index in [0.717, 1.165) is 35.2 Å². The topological polar surface area (TPSA) is 55.3 Å². The van der Waals surface area contributed by atoms with Crippen LogP contribution in [0.1, 0.15) is 13.3 Å². The first-order valence-electron chi connectivity index (χ1n) is 6.00. The van der Waals surface area contributed by atoms with Crippen LogP contribution in [0.5, 0.6) is 0 Å². The molecule has 0 aliphatic heterocycles. The van der Waals surface area contributed by atoms with Crippen LogP contribution in [-0.2, 0) is 0 Å². The third kappa shape index (κ3) is 1.95. The van der Waals surface area contributed by atoms with E-state index in [4.69, 9.17) is 10.2 Å². The molecule has 3 rings (SSSR count). The van der Waals surface area contributed by atoms with Crippen molar-refractivity contribution >= 4 is 22.8 Å². The second-order valence-electron chi connectivity index (χ2n) is 5.08. The fourth-order valence-corrected chi connectivity index (χ4v) is 2.18. The van der Waals surface area contributed by atoms with Gasteiger partial charge >= 0.3 is 0 Å². The number of hydrogen-bond donors (Lipinski definition) is 1. The van der Waals surface area contributed by atoms with Gasteiger partial charge in [0.25, 0.3) is 6.01 Å². The third-order valence-corrected chi connectivity index (χ3v) is 3.51. The Kier molecular flexibility index (Phi) is 2.24. The number of anilines is 2. The van der Waals surface area contributed by atoms with Gasteiger partial charge in [0.15, 0.2) is 5.58 Å². The van der Waals surface area contributed by atoms with Gasteiger partial charge in [-0.1, -0.05) is 6.92 Å². The summed E-state index contributed by atoms with van der Waals surface area (Å²) in [6.45, 7) is 3.30. The van der Waals surface area contributed by atoms with Crippen LogP contribution in [0.4, 0.5) is 11.7 Å². The standard InChI is InChI=1S/C13H17N3O/c1-8-5-9(8)7-16(2)13-15-11-6-10(14)3-4-12(11)17-13/h3-4,6,8-9H,5,7,14H2,1-2H3. The van der Waals surface area contributed by atoms with E-state index in [2.05, 4.69) is 16.8 Å². The first-order chi connectivity index (χ1) is 8.13. The monoisotopic (exact) mass is 231 g/mol. The van der Waals surface area contributed by atoms with Gasteiger partial charge in [-0.2, -0.15) is 4.98 Å². The van der Waals surface area contributed by atoms with E-state index in [0.29, 0.717) is 6.01 Å². The number of nitrogens with zero attached hydrogens (tertiary/aromatic N) is 2. The molecule has 1 aromatic carbocycles. The summed E-state index contributed by atoms with van der Waals surface area (Å²) in [5.74, 6) is 1.64. The van der Waals surface area contributed by atoms with Crippen LogP contribution in [0.3, 0.4) is 0 Å². The maximum atomic E-state index is 5.72. The Bertz CT molecular complexity index is 549. The van der Waals surface area contributed by atoms with Gasteiger partial charge in [0.1, 0.15) is 5.52 Å². The normalized spacial score (nSPS) is 22.9. The van der Waals surface area contributed by atoms with E-state index in [1.165, 1.54) is 6.42 Å². The molecule has 0 spiro atoms. The number of benzene rings is 1. The SMILES string of the molecule is CC1CC1CN(C)c1nc2cc(N)ccc2o1. The van der Waals surface area contributed by atoms with Crippen molar-refractivity contribution in [2.24, 2.45) is 11.8 Å². The fraction of sp³-hybridized carbons (Fsp3) is 0.462. The summed E-state index contributed by atoms with van der Waals surface area (Å²) < 4.78 is 5.71. The number of aromatic nitrogens is 1. The van der Waals surface area contributed by atoms with Crippen molar-refractivity contribution in [3.8, 4) is 0 Å². The van der Waals surface area contributed by atoms with Gasteiger partial charge in [0.05, 0.1) is 0 Å². The highest BCUT2D eigenvalue weighted by Crippen LogP contribution is 2.38.